The molecule has 4 heterocycles. The number of halogens is 1. The summed E-state index contributed by atoms with van der Waals surface area (Å²) in [5.74, 6) is 0.909. The lowest BCUT2D eigenvalue weighted by atomic mass is 9.98. The van der Waals surface area contributed by atoms with Crippen LogP contribution in [0.25, 0.3) is 44.2 Å². The number of fused-ring (bicyclic) bond motifs is 2. The minimum Gasteiger partial charge on any atom is -0.492 e. The van der Waals surface area contributed by atoms with Crippen LogP contribution in [0.4, 0.5) is 0 Å². The first-order chi connectivity index (χ1) is 19.4. The molecule has 2 unspecified atom stereocenters. The van der Waals surface area contributed by atoms with Crippen molar-refractivity contribution in [3.8, 4) is 28.1 Å². The molecule has 1 saturated heterocycles. The van der Waals surface area contributed by atoms with E-state index in [-0.39, 0.29) is 5.56 Å². The van der Waals surface area contributed by atoms with E-state index in [4.69, 9.17) is 9.72 Å². The predicted molar refractivity (Wildman–Crippen MR) is 175 cm³/mol. The van der Waals surface area contributed by atoms with Crippen molar-refractivity contribution < 1.29 is 4.74 Å². The van der Waals surface area contributed by atoms with Crippen LogP contribution in [0.15, 0.2) is 77.9 Å². The van der Waals surface area contributed by atoms with E-state index >= 15 is 0 Å². The van der Waals surface area contributed by atoms with Gasteiger partial charge in [-0.05, 0) is 74.2 Å². The van der Waals surface area contributed by atoms with Gasteiger partial charge in [0, 0.05) is 84.7 Å². The SMILES string of the molecule is CC1CCCC(C)N1CCOc1ccc(-c2ccc3nc(-c4cn(C)c(=O)c5c4ccn5SI)ccc3c2)cc1. The maximum atomic E-state index is 12.8. The number of aromatic nitrogens is 3. The van der Waals surface area contributed by atoms with E-state index in [1.807, 2.05) is 28.5 Å². The van der Waals surface area contributed by atoms with Crippen LogP contribution in [0, 0.1) is 0 Å². The number of pyridine rings is 2. The molecular weight excluding hydrogens is 631 g/mol. The van der Waals surface area contributed by atoms with Crippen molar-refractivity contribution in [3.05, 3.63) is 83.4 Å². The second-order valence-corrected chi connectivity index (χ2v) is 12.5. The third-order valence-electron chi connectivity index (χ3n) is 8.21. The lowest BCUT2D eigenvalue weighted by molar-refractivity contribution is 0.0851. The third-order valence-corrected chi connectivity index (χ3v) is 9.94. The van der Waals surface area contributed by atoms with Gasteiger partial charge in [0.25, 0.3) is 5.56 Å². The highest BCUT2D eigenvalue weighted by atomic mass is 127. The van der Waals surface area contributed by atoms with Crippen LogP contribution in [0.3, 0.4) is 0 Å². The molecule has 8 heteroatoms. The number of nitrogens with zero attached hydrogens (tertiary/aromatic N) is 4. The molecule has 0 N–H and O–H groups in total. The number of hydrogen-bond donors (Lipinski definition) is 0. The first-order valence-corrected chi connectivity index (χ1v) is 17.1. The summed E-state index contributed by atoms with van der Waals surface area (Å²) in [7, 11) is 3.28. The van der Waals surface area contributed by atoms with Crippen molar-refractivity contribution in [2.24, 2.45) is 7.05 Å². The molecule has 0 saturated carbocycles. The van der Waals surface area contributed by atoms with E-state index in [1.165, 1.54) is 28.4 Å². The molecule has 6 nitrogen and oxygen atoms in total. The first kappa shape index (κ1) is 27.4. The van der Waals surface area contributed by atoms with Crippen molar-refractivity contribution in [1.29, 1.82) is 0 Å². The molecule has 1 fully saturated rings. The number of piperidine rings is 1. The summed E-state index contributed by atoms with van der Waals surface area (Å²) in [5.41, 5.74) is 5.69. The number of likely N-dealkylation sites (tertiary alicyclic amines) is 1. The van der Waals surface area contributed by atoms with Gasteiger partial charge in [-0.3, -0.25) is 13.7 Å². The van der Waals surface area contributed by atoms with Gasteiger partial charge in [0.05, 0.1) is 11.2 Å². The largest absolute Gasteiger partial charge is 0.492 e. The average molecular weight is 665 g/mol. The zero-order valence-corrected chi connectivity index (χ0v) is 26.0. The molecule has 0 amide bonds. The quantitative estimate of drug-likeness (QED) is 0.167. The van der Waals surface area contributed by atoms with Gasteiger partial charge in [0.1, 0.15) is 17.9 Å². The summed E-state index contributed by atoms with van der Waals surface area (Å²) in [5, 5.41) is 1.99. The van der Waals surface area contributed by atoms with E-state index < -0.39 is 0 Å². The lowest BCUT2D eigenvalue weighted by Crippen LogP contribution is -2.45. The van der Waals surface area contributed by atoms with Gasteiger partial charge in [-0.15, -0.1) is 0 Å². The topological polar surface area (TPSA) is 52.3 Å². The normalized spacial score (nSPS) is 18.0. The Morgan fingerprint density at radius 2 is 1.75 bits per heavy atom. The lowest BCUT2D eigenvalue weighted by Gasteiger charge is -2.38. The fraction of sp³-hybridized carbons (Fsp3) is 0.312. The van der Waals surface area contributed by atoms with Crippen molar-refractivity contribution in [1.82, 2.24) is 18.4 Å². The van der Waals surface area contributed by atoms with Crippen LogP contribution in [0.5, 0.6) is 5.75 Å². The fourth-order valence-electron chi connectivity index (χ4n) is 5.97. The van der Waals surface area contributed by atoms with E-state index in [1.54, 1.807) is 11.6 Å². The summed E-state index contributed by atoms with van der Waals surface area (Å²) in [4.78, 5) is 20.3. The monoisotopic (exact) mass is 664 g/mol. The molecule has 206 valence electrons. The molecule has 2 atom stereocenters. The third kappa shape index (κ3) is 5.29. The number of hydrogen-bond acceptors (Lipinski definition) is 5. The zero-order chi connectivity index (χ0) is 27.8. The highest BCUT2D eigenvalue weighted by Crippen LogP contribution is 2.32. The van der Waals surface area contributed by atoms with Crippen molar-refractivity contribution >= 4 is 52.1 Å². The van der Waals surface area contributed by atoms with Gasteiger partial charge in [0.2, 0.25) is 0 Å². The summed E-state index contributed by atoms with van der Waals surface area (Å²) < 4.78 is 9.64. The van der Waals surface area contributed by atoms with Crippen LogP contribution in [0.1, 0.15) is 33.1 Å². The highest BCUT2D eigenvalue weighted by molar-refractivity contribution is 14.2. The van der Waals surface area contributed by atoms with Crippen LogP contribution in [-0.2, 0) is 7.05 Å². The van der Waals surface area contributed by atoms with Gasteiger partial charge in [-0.25, -0.2) is 4.98 Å². The molecule has 5 aromatic rings. The van der Waals surface area contributed by atoms with Gasteiger partial charge < -0.3 is 9.30 Å². The van der Waals surface area contributed by atoms with Crippen molar-refractivity contribution in [3.63, 3.8) is 0 Å². The first-order valence-electron chi connectivity index (χ1n) is 13.8. The van der Waals surface area contributed by atoms with E-state index in [2.05, 4.69) is 88.5 Å². The summed E-state index contributed by atoms with van der Waals surface area (Å²) in [6.07, 6.45) is 7.72. The minimum atomic E-state index is -0.0130. The molecule has 0 radical (unpaired) electrons. The Morgan fingerprint density at radius 1 is 1.00 bits per heavy atom. The molecule has 0 bridgehead atoms. The Kier molecular flexibility index (Phi) is 7.92. The van der Waals surface area contributed by atoms with Gasteiger partial charge in [-0.2, -0.15) is 0 Å². The second-order valence-electron chi connectivity index (χ2n) is 10.8. The summed E-state index contributed by atoms with van der Waals surface area (Å²) in [6, 6.07) is 22.2. The van der Waals surface area contributed by atoms with Crippen LogP contribution >= 0.6 is 30.3 Å². The molecule has 3 aromatic heterocycles. The van der Waals surface area contributed by atoms with E-state index in [9.17, 15) is 4.79 Å². The average Bonchev–Trinajstić information content (AvgIpc) is 3.41. The fourth-order valence-corrected chi connectivity index (χ4v) is 7.31. The van der Waals surface area contributed by atoms with Crippen LogP contribution in [0.2, 0.25) is 0 Å². The zero-order valence-electron chi connectivity index (χ0n) is 23.0. The predicted octanol–water partition coefficient (Wildman–Crippen LogP) is 7.71. The summed E-state index contributed by atoms with van der Waals surface area (Å²) >= 11 is 2.20. The molecule has 0 aliphatic carbocycles. The van der Waals surface area contributed by atoms with Crippen LogP contribution in [-0.4, -0.2) is 43.7 Å². The Bertz CT molecular complexity index is 1720. The van der Waals surface area contributed by atoms with Crippen molar-refractivity contribution in [2.75, 3.05) is 13.2 Å². The number of rotatable bonds is 7. The smallest absolute Gasteiger partial charge is 0.275 e. The van der Waals surface area contributed by atoms with E-state index in [0.717, 1.165) is 51.0 Å². The Labute approximate surface area is 251 Å². The van der Waals surface area contributed by atoms with Gasteiger partial charge in [0.15, 0.2) is 0 Å². The Morgan fingerprint density at radius 3 is 2.50 bits per heavy atom. The molecule has 2 aromatic carbocycles. The standard InChI is InChI=1S/C32H33IN4O2S/c1-21-5-4-6-22(2)36(21)17-18-39-26-11-7-23(8-12-26)24-9-13-29-25(19-24)10-14-30(34-29)28-20-35(3)32(38)31-27(28)15-16-37(31)40-33/h7-16,19-22H,4-6,17-18H2,1-3H3. The number of aryl methyl sites for hydroxylation is 1. The maximum absolute atomic E-state index is 12.8. The molecule has 6 rings (SSSR count). The molecular formula is C32H33IN4O2S. The number of ether oxygens (including phenoxy) is 1. The molecule has 1 aliphatic rings. The Balaban J connectivity index is 1.20. The molecule has 40 heavy (non-hydrogen) atoms. The Hall–Kier alpha value is -2.82. The van der Waals surface area contributed by atoms with Gasteiger partial charge >= 0.3 is 0 Å². The molecule has 0 spiro atoms. The van der Waals surface area contributed by atoms with Crippen LogP contribution < -0.4 is 10.3 Å². The maximum Gasteiger partial charge on any atom is 0.275 e. The van der Waals surface area contributed by atoms with Gasteiger partial charge in [-0.1, -0.05) is 30.7 Å². The minimum absolute atomic E-state index is 0.0130. The number of benzene rings is 2. The summed E-state index contributed by atoms with van der Waals surface area (Å²) in [6.45, 7) is 6.34. The van der Waals surface area contributed by atoms with Crippen molar-refractivity contribution in [2.45, 2.75) is 45.2 Å². The molecule has 1 aliphatic heterocycles. The highest BCUT2D eigenvalue weighted by Gasteiger charge is 2.24. The second kappa shape index (κ2) is 11.6. The van der Waals surface area contributed by atoms with E-state index in [0.29, 0.717) is 24.2 Å².